The van der Waals surface area contributed by atoms with E-state index < -0.39 is 29.5 Å². The lowest BCUT2D eigenvalue weighted by Gasteiger charge is -2.50. The number of aliphatic carboxylic acids is 2. The summed E-state index contributed by atoms with van der Waals surface area (Å²) in [6, 6.07) is -0.222. The van der Waals surface area contributed by atoms with Gasteiger partial charge >= 0.3 is 11.9 Å². The predicted octanol–water partition coefficient (Wildman–Crippen LogP) is 3.61. The number of likely N-dealkylation sites (tertiary alicyclic amines) is 1. The van der Waals surface area contributed by atoms with Crippen LogP contribution in [0.5, 0.6) is 0 Å². The minimum absolute atomic E-state index is 0.0237. The Morgan fingerprint density at radius 1 is 1.21 bits per heavy atom. The Bertz CT molecular complexity index is 1030. The van der Waals surface area contributed by atoms with Gasteiger partial charge in [0.25, 0.3) is 0 Å². The molecule has 0 saturated carbocycles. The molecule has 1 fully saturated rings. The first-order valence-corrected chi connectivity index (χ1v) is 14.1. The Morgan fingerprint density at radius 3 is 2.44 bits per heavy atom. The maximum atomic E-state index is 13.1. The van der Waals surface area contributed by atoms with Gasteiger partial charge in [0.05, 0.1) is 19.3 Å². The van der Waals surface area contributed by atoms with Crippen molar-refractivity contribution in [1.82, 2.24) is 9.80 Å². The second-order valence-electron chi connectivity index (χ2n) is 11.2. The molecule has 1 saturated heterocycles. The molecule has 3 aliphatic rings. The SMILES string of the molecule is COCCOC(C1C=CC=C(C)N1C1CCN(CC(N)C(C)C)CC1)C1(C(=O)O)CC(C(=O)O)=C(C)C=C1Cl. The Kier molecular flexibility index (Phi) is 10.8. The lowest BCUT2D eigenvalue weighted by Crippen LogP contribution is -2.60. The topological polar surface area (TPSA) is 126 Å². The molecule has 4 atom stereocenters. The predicted molar refractivity (Wildman–Crippen MR) is 151 cm³/mol. The number of hydrogen-bond acceptors (Lipinski definition) is 7. The number of hydrogen-bond donors (Lipinski definition) is 3. The molecule has 218 valence electrons. The Labute approximate surface area is 236 Å². The van der Waals surface area contributed by atoms with Crippen molar-refractivity contribution in [3.05, 3.63) is 46.2 Å². The molecule has 0 aromatic carbocycles. The van der Waals surface area contributed by atoms with Gasteiger partial charge in [-0.3, -0.25) is 4.79 Å². The van der Waals surface area contributed by atoms with Crippen molar-refractivity contribution >= 4 is 23.5 Å². The van der Waals surface area contributed by atoms with Crippen LogP contribution >= 0.6 is 11.6 Å². The number of rotatable bonds is 12. The molecule has 0 spiro atoms. The van der Waals surface area contributed by atoms with Crippen LogP contribution < -0.4 is 5.73 Å². The molecule has 10 heteroatoms. The van der Waals surface area contributed by atoms with E-state index in [0.29, 0.717) is 11.5 Å². The maximum Gasteiger partial charge on any atom is 0.331 e. The summed E-state index contributed by atoms with van der Waals surface area (Å²) >= 11 is 6.76. The van der Waals surface area contributed by atoms with Gasteiger partial charge in [-0.25, -0.2) is 4.79 Å². The van der Waals surface area contributed by atoms with E-state index in [1.54, 1.807) is 14.0 Å². The summed E-state index contributed by atoms with van der Waals surface area (Å²) in [5.41, 5.74) is 6.02. The largest absolute Gasteiger partial charge is 0.480 e. The van der Waals surface area contributed by atoms with Crippen LogP contribution in [-0.4, -0.2) is 96.1 Å². The monoisotopic (exact) mass is 565 g/mol. The molecule has 2 heterocycles. The third-order valence-electron chi connectivity index (χ3n) is 8.37. The number of piperidine rings is 1. The minimum Gasteiger partial charge on any atom is -0.480 e. The highest BCUT2D eigenvalue weighted by Gasteiger charge is 2.56. The molecular formula is C29H44ClN3O6. The summed E-state index contributed by atoms with van der Waals surface area (Å²) in [5.74, 6) is -1.97. The van der Waals surface area contributed by atoms with Gasteiger partial charge < -0.3 is 35.2 Å². The molecule has 0 aromatic rings. The Morgan fingerprint density at radius 2 is 1.87 bits per heavy atom. The normalized spacial score (nSPS) is 26.5. The van der Waals surface area contributed by atoms with Crippen LogP contribution in [0.15, 0.2) is 46.2 Å². The van der Waals surface area contributed by atoms with Gasteiger partial charge in [0.15, 0.2) is 0 Å². The number of nitrogens with two attached hydrogens (primary N) is 1. The molecule has 3 rings (SSSR count). The van der Waals surface area contributed by atoms with Gasteiger partial charge in [0.2, 0.25) is 0 Å². The van der Waals surface area contributed by atoms with Crippen LogP contribution in [0.4, 0.5) is 0 Å². The van der Waals surface area contributed by atoms with Crippen molar-refractivity contribution in [2.45, 2.75) is 71.2 Å². The van der Waals surface area contributed by atoms with Crippen LogP contribution in [0.3, 0.4) is 0 Å². The molecule has 9 nitrogen and oxygen atoms in total. The summed E-state index contributed by atoms with van der Waals surface area (Å²) in [7, 11) is 1.55. The molecule has 4 unspecified atom stereocenters. The zero-order valence-corrected chi connectivity index (χ0v) is 24.5. The van der Waals surface area contributed by atoms with E-state index in [1.165, 1.54) is 6.08 Å². The molecule has 0 aromatic heterocycles. The Balaban J connectivity index is 1.97. The molecule has 0 amide bonds. The molecule has 39 heavy (non-hydrogen) atoms. The van der Waals surface area contributed by atoms with Gasteiger partial charge in [-0.15, -0.1) is 0 Å². The van der Waals surface area contributed by atoms with E-state index >= 15 is 0 Å². The van der Waals surface area contributed by atoms with Crippen LogP contribution in [0, 0.1) is 11.3 Å². The average molecular weight is 566 g/mol. The quantitative estimate of drug-likeness (QED) is 0.304. The summed E-state index contributed by atoms with van der Waals surface area (Å²) in [5, 5.41) is 20.7. The molecule has 4 N–H and O–H groups in total. The van der Waals surface area contributed by atoms with Gasteiger partial charge in [-0.1, -0.05) is 37.6 Å². The van der Waals surface area contributed by atoms with Crippen molar-refractivity contribution in [1.29, 1.82) is 0 Å². The highest BCUT2D eigenvalue weighted by molar-refractivity contribution is 6.32. The standard InChI is InChI=1S/C29H44ClN3O6/c1-18(2)23(31)17-32-11-9-21(10-12-32)33-20(4)7-6-8-24(33)26(39-14-13-38-5)29(28(36)37)16-22(27(34)35)19(3)15-25(29)30/h6-8,15,18,21,23-24,26H,9-14,16-17,31H2,1-5H3,(H,34,35)(H,36,37). The first kappa shape index (κ1) is 31.4. The molecule has 0 bridgehead atoms. The second kappa shape index (κ2) is 13.5. The lowest BCUT2D eigenvalue weighted by molar-refractivity contribution is -0.160. The number of ether oxygens (including phenoxy) is 2. The van der Waals surface area contributed by atoms with E-state index in [4.69, 9.17) is 26.8 Å². The summed E-state index contributed by atoms with van der Waals surface area (Å²) in [4.78, 5) is 29.9. The van der Waals surface area contributed by atoms with Crippen molar-refractivity contribution < 1.29 is 29.3 Å². The number of carbonyl (C=O) groups is 2. The van der Waals surface area contributed by atoms with Gasteiger partial charge in [-0.05, 0) is 50.3 Å². The summed E-state index contributed by atoms with van der Waals surface area (Å²) in [6.45, 7) is 10.9. The smallest absolute Gasteiger partial charge is 0.331 e. The first-order valence-electron chi connectivity index (χ1n) is 13.7. The van der Waals surface area contributed by atoms with Crippen LogP contribution in [-0.2, 0) is 19.1 Å². The van der Waals surface area contributed by atoms with E-state index in [1.807, 2.05) is 25.2 Å². The van der Waals surface area contributed by atoms with Crippen LogP contribution in [0.2, 0.25) is 0 Å². The van der Waals surface area contributed by atoms with E-state index in [0.717, 1.165) is 38.2 Å². The third kappa shape index (κ3) is 6.77. The average Bonchev–Trinajstić information content (AvgIpc) is 2.87. The molecule has 0 radical (unpaired) electrons. The van der Waals surface area contributed by atoms with Crippen molar-refractivity contribution in [3.63, 3.8) is 0 Å². The zero-order valence-electron chi connectivity index (χ0n) is 23.7. The minimum atomic E-state index is -1.78. The zero-order chi connectivity index (χ0) is 28.9. The molecule has 2 aliphatic heterocycles. The number of nitrogens with zero attached hydrogens (tertiary/aromatic N) is 2. The second-order valence-corrected chi connectivity index (χ2v) is 11.6. The van der Waals surface area contributed by atoms with E-state index in [2.05, 4.69) is 23.6 Å². The highest BCUT2D eigenvalue weighted by atomic mass is 35.5. The fourth-order valence-corrected chi connectivity index (χ4v) is 6.29. The van der Waals surface area contributed by atoms with E-state index in [-0.39, 0.29) is 42.3 Å². The number of carboxylic acids is 2. The van der Waals surface area contributed by atoms with Crippen LogP contribution in [0.25, 0.3) is 0 Å². The maximum absolute atomic E-state index is 13.1. The fourth-order valence-electron chi connectivity index (χ4n) is 5.87. The first-order chi connectivity index (χ1) is 18.4. The summed E-state index contributed by atoms with van der Waals surface area (Å²) in [6.07, 6.45) is 7.86. The Hall–Kier alpha value is -2.17. The molecule has 1 aliphatic carbocycles. The van der Waals surface area contributed by atoms with Crippen molar-refractivity contribution in [2.75, 3.05) is 40.0 Å². The van der Waals surface area contributed by atoms with Crippen LogP contribution in [0.1, 0.15) is 47.0 Å². The third-order valence-corrected chi connectivity index (χ3v) is 8.82. The number of allylic oxidation sites excluding steroid dienone is 5. The fraction of sp³-hybridized carbons (Fsp3) is 0.655. The van der Waals surface area contributed by atoms with Gasteiger partial charge in [0.1, 0.15) is 11.5 Å². The number of methoxy groups -OCH3 is 1. The van der Waals surface area contributed by atoms with E-state index in [9.17, 15) is 19.8 Å². The number of carboxylic acid groups (broad SMARTS) is 2. The highest BCUT2D eigenvalue weighted by Crippen LogP contribution is 2.49. The van der Waals surface area contributed by atoms with Crippen molar-refractivity contribution in [2.24, 2.45) is 17.1 Å². The van der Waals surface area contributed by atoms with Crippen molar-refractivity contribution in [3.8, 4) is 0 Å². The summed E-state index contributed by atoms with van der Waals surface area (Å²) < 4.78 is 11.5. The van der Waals surface area contributed by atoms with Gasteiger partial charge in [-0.2, -0.15) is 0 Å². The molecular weight excluding hydrogens is 522 g/mol. The van der Waals surface area contributed by atoms with Gasteiger partial charge in [0, 0.05) is 61.6 Å². The lowest BCUT2D eigenvalue weighted by atomic mass is 9.69. The number of halogens is 1.